The maximum Gasteiger partial charge on any atom is 0.251 e. The molecule has 210 valence electrons. The second-order valence-electron chi connectivity index (χ2n) is 10.1. The van der Waals surface area contributed by atoms with Crippen molar-refractivity contribution in [3.8, 4) is 11.3 Å². The van der Waals surface area contributed by atoms with E-state index in [0.29, 0.717) is 42.1 Å². The maximum atomic E-state index is 15.0. The van der Waals surface area contributed by atoms with E-state index < -0.39 is 6.17 Å². The summed E-state index contributed by atoms with van der Waals surface area (Å²) in [5, 5.41) is 6.33. The van der Waals surface area contributed by atoms with Crippen molar-refractivity contribution in [2.45, 2.75) is 37.8 Å². The molecular weight excluding hydrogens is 563 g/mol. The van der Waals surface area contributed by atoms with Crippen LogP contribution in [0.25, 0.3) is 26.4 Å². The summed E-state index contributed by atoms with van der Waals surface area (Å²) >= 11 is 1.49. The Bertz CT molecular complexity index is 1430. The Balaban J connectivity index is 0.00000176. The summed E-state index contributed by atoms with van der Waals surface area (Å²) in [4.78, 5) is 20.4. The molecule has 2 aromatic carbocycles. The summed E-state index contributed by atoms with van der Waals surface area (Å²) in [6, 6.07) is 11.1. The van der Waals surface area contributed by atoms with Gasteiger partial charge in [-0.1, -0.05) is 17.4 Å². The minimum absolute atomic E-state index is 0. The van der Waals surface area contributed by atoms with Gasteiger partial charge in [-0.05, 0) is 80.6 Å². The van der Waals surface area contributed by atoms with Crippen LogP contribution in [0, 0.1) is 5.82 Å². The molecule has 39 heavy (non-hydrogen) atoms. The van der Waals surface area contributed by atoms with E-state index in [2.05, 4.69) is 15.5 Å². The zero-order valence-electron chi connectivity index (χ0n) is 21.5. The fourth-order valence-electron chi connectivity index (χ4n) is 5.44. The third-order valence-electron chi connectivity index (χ3n) is 7.61. The highest BCUT2D eigenvalue weighted by molar-refractivity contribution is 7.23. The predicted octanol–water partition coefficient (Wildman–Crippen LogP) is 5.83. The Morgan fingerprint density at radius 1 is 1.13 bits per heavy atom. The van der Waals surface area contributed by atoms with Gasteiger partial charge in [0, 0.05) is 43.5 Å². The third-order valence-corrected chi connectivity index (χ3v) is 8.63. The van der Waals surface area contributed by atoms with E-state index >= 15 is 0 Å². The van der Waals surface area contributed by atoms with Crippen molar-refractivity contribution in [2.24, 2.45) is 0 Å². The first kappa shape index (κ1) is 29.7. The summed E-state index contributed by atoms with van der Waals surface area (Å²) in [7, 11) is 0. The van der Waals surface area contributed by atoms with Gasteiger partial charge in [-0.3, -0.25) is 9.20 Å². The van der Waals surface area contributed by atoms with Crippen LogP contribution in [-0.4, -0.2) is 65.6 Å². The van der Waals surface area contributed by atoms with Crippen LogP contribution in [0.15, 0.2) is 42.6 Å². The molecule has 11 heteroatoms. The van der Waals surface area contributed by atoms with Gasteiger partial charge in [-0.2, -0.15) is 0 Å². The molecule has 4 aromatic rings. The van der Waals surface area contributed by atoms with Crippen molar-refractivity contribution in [1.29, 1.82) is 0 Å². The molecule has 0 saturated carbocycles. The van der Waals surface area contributed by atoms with Gasteiger partial charge in [0.25, 0.3) is 5.91 Å². The number of hydrogen-bond donors (Lipinski definition) is 2. The number of aromatic nitrogens is 2. The molecule has 1 amide bonds. The SMILES string of the molecule is Cl.Cl.O=C(NCCCN1CCC(F)CC1)c1ccc2c(c1)sc1nc(-c3ccc([C@@H]4CCNC4)cc3F)cn12. The van der Waals surface area contributed by atoms with E-state index in [-0.39, 0.29) is 36.5 Å². The molecule has 4 heterocycles. The molecule has 2 aromatic heterocycles. The zero-order valence-corrected chi connectivity index (χ0v) is 23.9. The van der Waals surface area contributed by atoms with Crippen LogP contribution in [0.1, 0.15) is 47.5 Å². The molecule has 2 fully saturated rings. The number of amides is 1. The molecule has 0 aliphatic carbocycles. The molecule has 2 aliphatic rings. The van der Waals surface area contributed by atoms with Crippen LogP contribution in [0.3, 0.4) is 0 Å². The number of likely N-dealkylation sites (tertiary alicyclic amines) is 1. The zero-order chi connectivity index (χ0) is 25.4. The molecule has 0 radical (unpaired) electrons. The van der Waals surface area contributed by atoms with Crippen LogP contribution in [0.4, 0.5) is 8.78 Å². The van der Waals surface area contributed by atoms with Gasteiger partial charge >= 0.3 is 0 Å². The van der Waals surface area contributed by atoms with E-state index in [1.54, 1.807) is 6.07 Å². The number of imidazole rings is 1. The summed E-state index contributed by atoms with van der Waals surface area (Å²) in [5.41, 5.74) is 3.70. The van der Waals surface area contributed by atoms with Crippen LogP contribution < -0.4 is 10.6 Å². The topological polar surface area (TPSA) is 61.7 Å². The normalized spacial score (nSPS) is 18.3. The fraction of sp³-hybridized carbons (Fsp3) is 0.429. The molecule has 1 atom stereocenters. The summed E-state index contributed by atoms with van der Waals surface area (Å²) in [6.07, 6.45) is 4.30. The van der Waals surface area contributed by atoms with E-state index in [9.17, 15) is 13.6 Å². The van der Waals surface area contributed by atoms with Crippen LogP contribution in [0.5, 0.6) is 0 Å². The van der Waals surface area contributed by atoms with E-state index in [1.807, 2.05) is 40.9 Å². The van der Waals surface area contributed by atoms with Gasteiger partial charge in [-0.25, -0.2) is 13.8 Å². The van der Waals surface area contributed by atoms with Crippen molar-refractivity contribution in [2.75, 3.05) is 39.3 Å². The van der Waals surface area contributed by atoms with Gasteiger partial charge in [0.15, 0.2) is 4.96 Å². The molecular formula is C28H33Cl2F2N5OS. The number of hydrogen-bond acceptors (Lipinski definition) is 5. The van der Waals surface area contributed by atoms with E-state index in [0.717, 1.165) is 66.3 Å². The number of thiazole rings is 1. The molecule has 0 bridgehead atoms. The van der Waals surface area contributed by atoms with E-state index in [1.165, 1.54) is 11.3 Å². The molecule has 0 unspecified atom stereocenters. The number of nitrogens with one attached hydrogen (secondary N) is 2. The average Bonchev–Trinajstić information content (AvgIpc) is 3.64. The number of fused-ring (bicyclic) bond motifs is 3. The number of nitrogens with zero attached hydrogens (tertiary/aromatic N) is 3. The number of rotatable bonds is 7. The molecule has 6 nitrogen and oxygen atoms in total. The second kappa shape index (κ2) is 12.9. The lowest BCUT2D eigenvalue weighted by molar-refractivity contribution is 0.0950. The Kier molecular flexibility index (Phi) is 9.82. The summed E-state index contributed by atoms with van der Waals surface area (Å²) < 4.78 is 31.2. The molecule has 2 N–H and O–H groups in total. The lowest BCUT2D eigenvalue weighted by Crippen LogP contribution is -2.36. The number of carbonyl (C=O) groups excluding carboxylic acids is 1. The fourth-order valence-corrected chi connectivity index (χ4v) is 6.48. The van der Waals surface area contributed by atoms with Gasteiger partial charge in [0.1, 0.15) is 12.0 Å². The Labute approximate surface area is 243 Å². The van der Waals surface area contributed by atoms with Gasteiger partial charge in [-0.15, -0.1) is 24.8 Å². The van der Waals surface area contributed by atoms with Gasteiger partial charge in [0.05, 0.1) is 15.9 Å². The Hall–Kier alpha value is -2.30. The quantitative estimate of drug-likeness (QED) is 0.264. The van der Waals surface area contributed by atoms with Crippen molar-refractivity contribution < 1.29 is 13.6 Å². The number of benzene rings is 2. The predicted molar refractivity (Wildman–Crippen MR) is 158 cm³/mol. The highest BCUT2D eigenvalue weighted by atomic mass is 35.5. The van der Waals surface area contributed by atoms with Crippen LogP contribution in [0.2, 0.25) is 0 Å². The first-order valence-electron chi connectivity index (χ1n) is 13.1. The lowest BCUT2D eigenvalue weighted by Gasteiger charge is -2.28. The standard InChI is InChI=1S/C28H31F2N5OS.2ClH/c29-21-7-12-34(13-8-21)11-1-9-32-27(36)19-3-5-25-26(15-19)37-28-33-24(17-35(25)28)22-4-2-18(14-23(22)30)20-6-10-31-16-20;;/h2-5,14-15,17,20-21,31H,1,6-13,16H2,(H,32,36);2*1H/t20-;;/m1../s1. The molecule has 0 spiro atoms. The number of alkyl halides is 1. The largest absolute Gasteiger partial charge is 0.352 e. The summed E-state index contributed by atoms with van der Waals surface area (Å²) in [6.45, 7) is 4.92. The minimum Gasteiger partial charge on any atom is -0.352 e. The first-order valence-corrected chi connectivity index (χ1v) is 13.9. The van der Waals surface area contributed by atoms with Crippen LogP contribution >= 0.6 is 36.2 Å². The lowest BCUT2D eigenvalue weighted by atomic mass is 9.96. The number of carbonyl (C=O) groups is 1. The number of halogens is 4. The van der Waals surface area contributed by atoms with Crippen molar-refractivity contribution in [3.63, 3.8) is 0 Å². The highest BCUT2D eigenvalue weighted by Gasteiger charge is 2.20. The Morgan fingerprint density at radius 2 is 1.95 bits per heavy atom. The van der Waals surface area contributed by atoms with Crippen molar-refractivity contribution in [1.82, 2.24) is 24.9 Å². The molecule has 2 aliphatic heterocycles. The molecule has 6 rings (SSSR count). The smallest absolute Gasteiger partial charge is 0.251 e. The van der Waals surface area contributed by atoms with Crippen molar-refractivity contribution in [3.05, 3.63) is 59.5 Å². The second-order valence-corrected chi connectivity index (χ2v) is 11.1. The minimum atomic E-state index is -0.663. The first-order chi connectivity index (χ1) is 18.0. The van der Waals surface area contributed by atoms with E-state index in [4.69, 9.17) is 4.98 Å². The van der Waals surface area contributed by atoms with Crippen LogP contribution in [-0.2, 0) is 0 Å². The molecule has 2 saturated heterocycles. The Morgan fingerprint density at radius 3 is 2.69 bits per heavy atom. The number of piperidine rings is 1. The third kappa shape index (κ3) is 6.38. The van der Waals surface area contributed by atoms with Crippen molar-refractivity contribution >= 4 is 57.2 Å². The maximum absolute atomic E-state index is 15.0. The average molecular weight is 597 g/mol. The monoisotopic (exact) mass is 595 g/mol. The van der Waals surface area contributed by atoms with Gasteiger partial charge in [0.2, 0.25) is 0 Å². The summed E-state index contributed by atoms with van der Waals surface area (Å²) in [5.74, 6) is 0.0191. The highest BCUT2D eigenvalue weighted by Crippen LogP contribution is 2.32. The van der Waals surface area contributed by atoms with Gasteiger partial charge < -0.3 is 15.5 Å².